The minimum atomic E-state index is -0.588. The van der Waals surface area contributed by atoms with Gasteiger partial charge in [0.15, 0.2) is 0 Å². The van der Waals surface area contributed by atoms with Crippen LogP contribution in [0.25, 0.3) is 0 Å². The van der Waals surface area contributed by atoms with Crippen molar-refractivity contribution in [1.29, 1.82) is 0 Å². The molecule has 0 spiro atoms. The van der Waals surface area contributed by atoms with Crippen molar-refractivity contribution in [3.63, 3.8) is 0 Å². The molecule has 3 heterocycles. The molecule has 2 aromatic rings. The minimum absolute atomic E-state index is 0.0859. The van der Waals surface area contributed by atoms with E-state index in [-0.39, 0.29) is 11.8 Å². The van der Waals surface area contributed by atoms with E-state index in [4.69, 9.17) is 0 Å². The number of aromatic nitrogens is 1. The van der Waals surface area contributed by atoms with Crippen LogP contribution in [-0.2, 0) is 9.59 Å². The van der Waals surface area contributed by atoms with E-state index in [0.717, 1.165) is 49.6 Å². The zero-order valence-corrected chi connectivity index (χ0v) is 17.7. The first-order chi connectivity index (χ1) is 15.2. The van der Waals surface area contributed by atoms with Crippen LogP contribution in [-0.4, -0.2) is 47.9 Å². The van der Waals surface area contributed by atoms with Gasteiger partial charge in [0.05, 0.1) is 5.41 Å². The van der Waals surface area contributed by atoms with Gasteiger partial charge in [0.25, 0.3) is 0 Å². The highest BCUT2D eigenvalue weighted by atomic mass is 16.2. The summed E-state index contributed by atoms with van der Waals surface area (Å²) in [6, 6.07) is 15.7. The van der Waals surface area contributed by atoms with Crippen LogP contribution in [0.1, 0.15) is 32.1 Å². The van der Waals surface area contributed by atoms with Crippen molar-refractivity contribution in [1.82, 2.24) is 9.88 Å². The number of amides is 2. The van der Waals surface area contributed by atoms with Crippen molar-refractivity contribution in [2.24, 2.45) is 5.41 Å². The first kappa shape index (κ1) is 19.8. The number of allylic oxidation sites excluding steroid dienone is 1. The molecule has 6 nitrogen and oxygen atoms in total. The maximum atomic E-state index is 13.9. The number of piperazine rings is 1. The summed E-state index contributed by atoms with van der Waals surface area (Å²) in [5, 5.41) is 0. The molecule has 6 heteroatoms. The van der Waals surface area contributed by atoms with E-state index in [0.29, 0.717) is 25.9 Å². The second kappa shape index (κ2) is 8.17. The largest absolute Gasteiger partial charge is 0.353 e. The van der Waals surface area contributed by atoms with Gasteiger partial charge in [-0.15, -0.1) is 0 Å². The SMILES string of the molecule is O=C1CCC2(C(=O)N3CCN(c4ccccn4)CC3)CCCC=C2N1c1ccccc1. The van der Waals surface area contributed by atoms with Crippen LogP contribution in [0, 0.1) is 5.41 Å². The summed E-state index contributed by atoms with van der Waals surface area (Å²) < 4.78 is 0. The summed E-state index contributed by atoms with van der Waals surface area (Å²) in [6.07, 6.45) is 7.67. The van der Waals surface area contributed by atoms with E-state index in [1.807, 2.05) is 64.5 Å². The van der Waals surface area contributed by atoms with Gasteiger partial charge in [0.1, 0.15) is 5.82 Å². The van der Waals surface area contributed by atoms with Gasteiger partial charge in [0, 0.05) is 50.2 Å². The highest BCUT2D eigenvalue weighted by Gasteiger charge is 2.51. The van der Waals surface area contributed by atoms with E-state index in [1.54, 1.807) is 0 Å². The fourth-order valence-electron chi connectivity index (χ4n) is 5.26. The molecular weight excluding hydrogens is 388 g/mol. The van der Waals surface area contributed by atoms with Gasteiger partial charge < -0.3 is 9.80 Å². The molecule has 160 valence electrons. The Hall–Kier alpha value is -3.15. The zero-order chi connectivity index (χ0) is 21.3. The lowest BCUT2D eigenvalue weighted by Crippen LogP contribution is -2.58. The Morgan fingerprint density at radius 1 is 0.935 bits per heavy atom. The highest BCUT2D eigenvalue weighted by Crippen LogP contribution is 2.49. The third-order valence-electron chi connectivity index (χ3n) is 6.86. The van der Waals surface area contributed by atoms with Crippen molar-refractivity contribution in [2.75, 3.05) is 36.0 Å². The first-order valence-electron chi connectivity index (χ1n) is 11.2. The van der Waals surface area contributed by atoms with Crippen molar-refractivity contribution >= 4 is 23.3 Å². The highest BCUT2D eigenvalue weighted by molar-refractivity contribution is 6.02. The van der Waals surface area contributed by atoms with Gasteiger partial charge in [-0.05, 0) is 49.9 Å². The Morgan fingerprint density at radius 3 is 2.45 bits per heavy atom. The predicted octanol–water partition coefficient (Wildman–Crippen LogP) is 3.61. The summed E-state index contributed by atoms with van der Waals surface area (Å²) in [5.74, 6) is 1.24. The molecule has 1 unspecified atom stereocenters. The predicted molar refractivity (Wildman–Crippen MR) is 121 cm³/mol. The molecule has 31 heavy (non-hydrogen) atoms. The molecule has 1 aromatic carbocycles. The topological polar surface area (TPSA) is 56.8 Å². The van der Waals surface area contributed by atoms with Crippen LogP contribution in [0.2, 0.25) is 0 Å². The van der Waals surface area contributed by atoms with Gasteiger partial charge in [-0.2, -0.15) is 0 Å². The van der Waals surface area contributed by atoms with Gasteiger partial charge in [-0.1, -0.05) is 30.3 Å². The molecule has 2 fully saturated rings. The van der Waals surface area contributed by atoms with Crippen LogP contribution >= 0.6 is 0 Å². The molecule has 2 aliphatic heterocycles. The first-order valence-corrected chi connectivity index (χ1v) is 11.2. The molecule has 0 radical (unpaired) electrons. The molecular formula is C25H28N4O2. The molecule has 5 rings (SSSR count). The molecule has 0 N–H and O–H groups in total. The number of rotatable bonds is 3. The van der Waals surface area contributed by atoms with Gasteiger partial charge >= 0.3 is 0 Å². The van der Waals surface area contributed by atoms with Crippen LogP contribution in [0.3, 0.4) is 0 Å². The van der Waals surface area contributed by atoms with Crippen molar-refractivity contribution in [2.45, 2.75) is 32.1 Å². The fourth-order valence-corrected chi connectivity index (χ4v) is 5.26. The standard InChI is InChI=1S/C25H28N4O2/c30-23-12-14-25(13-6-4-10-21(25)29(23)20-8-2-1-3-9-20)24(31)28-18-16-27(17-19-28)22-11-5-7-15-26-22/h1-3,5,7-11,15H,4,6,12-14,16-19H2. The van der Waals surface area contributed by atoms with Crippen LogP contribution in [0.4, 0.5) is 11.5 Å². The smallest absolute Gasteiger partial charge is 0.234 e. The number of hydrogen-bond acceptors (Lipinski definition) is 4. The van der Waals surface area contributed by atoms with Gasteiger partial charge in [0.2, 0.25) is 11.8 Å². The lowest BCUT2D eigenvalue weighted by Gasteiger charge is -2.49. The molecule has 1 aromatic heterocycles. The third-order valence-corrected chi connectivity index (χ3v) is 6.86. The van der Waals surface area contributed by atoms with E-state index in [9.17, 15) is 9.59 Å². The van der Waals surface area contributed by atoms with Gasteiger partial charge in [-0.25, -0.2) is 4.98 Å². The van der Waals surface area contributed by atoms with Crippen molar-refractivity contribution < 1.29 is 9.59 Å². The molecule has 0 saturated carbocycles. The lowest BCUT2D eigenvalue weighted by molar-refractivity contribution is -0.143. The number of carbonyl (C=O) groups excluding carboxylic acids is 2. The van der Waals surface area contributed by atoms with E-state index >= 15 is 0 Å². The molecule has 1 atom stereocenters. The summed E-state index contributed by atoms with van der Waals surface area (Å²) >= 11 is 0. The van der Waals surface area contributed by atoms with Crippen LogP contribution < -0.4 is 9.80 Å². The normalized spacial score (nSPS) is 23.9. The average Bonchev–Trinajstić information content (AvgIpc) is 2.85. The van der Waals surface area contributed by atoms with Gasteiger partial charge in [-0.3, -0.25) is 14.5 Å². The number of fused-ring (bicyclic) bond motifs is 1. The number of benzene rings is 1. The number of carbonyl (C=O) groups is 2. The summed E-state index contributed by atoms with van der Waals surface area (Å²) in [5.41, 5.74) is 1.17. The maximum absolute atomic E-state index is 13.9. The minimum Gasteiger partial charge on any atom is -0.353 e. The molecule has 3 aliphatic rings. The second-order valence-corrected chi connectivity index (χ2v) is 8.60. The third kappa shape index (κ3) is 3.50. The molecule has 2 amide bonds. The van der Waals surface area contributed by atoms with Crippen molar-refractivity contribution in [3.05, 3.63) is 66.5 Å². The Bertz CT molecular complexity index is 983. The van der Waals surface area contributed by atoms with Crippen LogP contribution in [0.15, 0.2) is 66.5 Å². The Labute approximate surface area is 183 Å². The number of hydrogen-bond donors (Lipinski definition) is 0. The Morgan fingerprint density at radius 2 is 1.71 bits per heavy atom. The summed E-state index contributed by atoms with van der Waals surface area (Å²) in [6.45, 7) is 2.92. The average molecular weight is 417 g/mol. The lowest BCUT2D eigenvalue weighted by atomic mass is 9.68. The Balaban J connectivity index is 1.39. The molecule has 2 saturated heterocycles. The van der Waals surface area contributed by atoms with Crippen LogP contribution in [0.5, 0.6) is 0 Å². The number of nitrogens with zero attached hydrogens (tertiary/aromatic N) is 4. The second-order valence-electron chi connectivity index (χ2n) is 8.60. The van der Waals surface area contributed by atoms with Crippen molar-refractivity contribution in [3.8, 4) is 0 Å². The maximum Gasteiger partial charge on any atom is 0.234 e. The number of pyridine rings is 1. The fraction of sp³-hybridized carbons (Fsp3) is 0.400. The zero-order valence-electron chi connectivity index (χ0n) is 17.7. The monoisotopic (exact) mass is 416 g/mol. The summed E-state index contributed by atoms with van der Waals surface area (Å²) in [7, 11) is 0. The number of piperidine rings is 1. The van der Waals surface area contributed by atoms with E-state index in [1.165, 1.54) is 0 Å². The number of para-hydroxylation sites is 1. The molecule has 0 bridgehead atoms. The van der Waals surface area contributed by atoms with E-state index < -0.39 is 5.41 Å². The quantitative estimate of drug-likeness (QED) is 0.767. The van der Waals surface area contributed by atoms with E-state index in [2.05, 4.69) is 16.0 Å². The summed E-state index contributed by atoms with van der Waals surface area (Å²) in [4.78, 5) is 37.4. The number of anilines is 2. The molecule has 1 aliphatic carbocycles. The Kier molecular flexibility index (Phi) is 5.22.